The summed E-state index contributed by atoms with van der Waals surface area (Å²) in [6.07, 6.45) is 8.51. The van der Waals surface area contributed by atoms with Crippen molar-refractivity contribution in [3.63, 3.8) is 0 Å². The summed E-state index contributed by atoms with van der Waals surface area (Å²) in [5.41, 5.74) is 3.27. The van der Waals surface area contributed by atoms with Crippen molar-refractivity contribution in [3.8, 4) is 12.3 Å². The Morgan fingerprint density at radius 3 is 2.65 bits per heavy atom. The molecule has 2 heterocycles. The van der Waals surface area contributed by atoms with Crippen molar-refractivity contribution in [1.82, 2.24) is 14.3 Å². The zero-order chi connectivity index (χ0) is 18.7. The molecule has 2 aromatic heterocycles. The maximum absolute atomic E-state index is 12.7. The van der Waals surface area contributed by atoms with Crippen LogP contribution < -0.4 is 5.56 Å². The fraction of sp³-hybridized carbons (Fsp3) is 0.190. The summed E-state index contributed by atoms with van der Waals surface area (Å²) in [6, 6.07) is 11.6. The molecular weight excluding hydrogens is 326 g/mol. The van der Waals surface area contributed by atoms with Crippen molar-refractivity contribution < 1.29 is 4.79 Å². The zero-order valence-corrected chi connectivity index (χ0v) is 14.8. The molecule has 0 unspecified atom stereocenters. The number of hydrogen-bond donors (Lipinski definition) is 0. The molecule has 0 aliphatic rings. The topological polar surface area (TPSA) is 56.9 Å². The van der Waals surface area contributed by atoms with E-state index in [0.717, 1.165) is 11.3 Å². The van der Waals surface area contributed by atoms with Crippen LogP contribution in [0.15, 0.2) is 53.6 Å². The Morgan fingerprint density at radius 1 is 1.23 bits per heavy atom. The first-order valence-electron chi connectivity index (χ1n) is 8.27. The third kappa shape index (κ3) is 3.50. The van der Waals surface area contributed by atoms with Gasteiger partial charge >= 0.3 is 0 Å². The number of pyridine rings is 1. The van der Waals surface area contributed by atoms with Crippen LogP contribution in [0.5, 0.6) is 0 Å². The molecule has 5 heteroatoms. The quantitative estimate of drug-likeness (QED) is 0.527. The number of nitrogens with zero attached hydrogens (tertiary/aromatic N) is 3. The Morgan fingerprint density at radius 2 is 1.96 bits per heavy atom. The van der Waals surface area contributed by atoms with E-state index < -0.39 is 0 Å². The summed E-state index contributed by atoms with van der Waals surface area (Å²) < 4.78 is 3.15. The number of rotatable bonds is 5. The van der Waals surface area contributed by atoms with Crippen molar-refractivity contribution in [3.05, 3.63) is 87.1 Å². The molecule has 0 aliphatic heterocycles. The van der Waals surface area contributed by atoms with Crippen molar-refractivity contribution >= 4 is 5.78 Å². The number of ketones is 1. The van der Waals surface area contributed by atoms with Crippen molar-refractivity contribution in [2.45, 2.75) is 26.9 Å². The van der Waals surface area contributed by atoms with Gasteiger partial charge in [0.2, 0.25) is 0 Å². The first kappa shape index (κ1) is 17.4. The Kier molecular flexibility index (Phi) is 4.85. The molecule has 26 heavy (non-hydrogen) atoms. The van der Waals surface area contributed by atoms with Gasteiger partial charge in [-0.25, -0.2) is 0 Å². The average molecular weight is 345 g/mol. The van der Waals surface area contributed by atoms with Crippen LogP contribution in [0.25, 0.3) is 0 Å². The van der Waals surface area contributed by atoms with Gasteiger partial charge in [0.15, 0.2) is 5.78 Å². The molecular formula is C21H19N3O2. The predicted octanol–water partition coefficient (Wildman–Crippen LogP) is 2.57. The van der Waals surface area contributed by atoms with Gasteiger partial charge in [-0.2, -0.15) is 5.10 Å². The number of benzene rings is 1. The fourth-order valence-electron chi connectivity index (χ4n) is 2.86. The van der Waals surface area contributed by atoms with E-state index in [1.165, 1.54) is 10.8 Å². The minimum Gasteiger partial charge on any atom is -0.306 e. The van der Waals surface area contributed by atoms with Crippen LogP contribution in [0.1, 0.15) is 32.7 Å². The summed E-state index contributed by atoms with van der Waals surface area (Å²) in [5.74, 6) is 2.33. The van der Waals surface area contributed by atoms with Gasteiger partial charge in [0.05, 0.1) is 24.8 Å². The van der Waals surface area contributed by atoms with E-state index in [9.17, 15) is 9.59 Å². The summed E-state index contributed by atoms with van der Waals surface area (Å²) >= 11 is 0. The molecule has 0 radical (unpaired) electrons. The summed E-state index contributed by atoms with van der Waals surface area (Å²) in [4.78, 5) is 25.0. The largest absolute Gasteiger partial charge is 0.306 e. The molecule has 0 saturated heterocycles. The molecule has 0 spiro atoms. The maximum Gasteiger partial charge on any atom is 0.253 e. The molecule has 1 aromatic carbocycles. The van der Waals surface area contributed by atoms with Crippen LogP contribution >= 0.6 is 0 Å². The second-order valence-corrected chi connectivity index (χ2v) is 6.20. The summed E-state index contributed by atoms with van der Waals surface area (Å²) in [5, 5.41) is 4.32. The maximum atomic E-state index is 12.7. The lowest BCUT2D eigenvalue weighted by Crippen LogP contribution is -2.26. The second-order valence-electron chi connectivity index (χ2n) is 6.20. The van der Waals surface area contributed by atoms with E-state index in [-0.39, 0.29) is 17.9 Å². The molecule has 0 bridgehead atoms. The van der Waals surface area contributed by atoms with Gasteiger partial charge < -0.3 is 4.57 Å². The first-order valence-corrected chi connectivity index (χ1v) is 8.27. The van der Waals surface area contributed by atoms with Gasteiger partial charge in [0.25, 0.3) is 5.56 Å². The molecule has 3 aromatic rings. The molecule has 0 fully saturated rings. The predicted molar refractivity (Wildman–Crippen MR) is 100 cm³/mol. The van der Waals surface area contributed by atoms with E-state index in [0.29, 0.717) is 23.2 Å². The van der Waals surface area contributed by atoms with E-state index >= 15 is 0 Å². The minimum absolute atomic E-state index is 0.0624. The van der Waals surface area contributed by atoms with Gasteiger partial charge in [-0.05, 0) is 25.5 Å². The second kappa shape index (κ2) is 7.24. The van der Waals surface area contributed by atoms with Gasteiger partial charge in [-0.15, -0.1) is 6.42 Å². The first-order chi connectivity index (χ1) is 12.5. The van der Waals surface area contributed by atoms with Gasteiger partial charge in [-0.3, -0.25) is 14.3 Å². The highest BCUT2D eigenvalue weighted by Gasteiger charge is 2.16. The number of carbonyl (C=O) groups excluding carboxylic acids is 1. The van der Waals surface area contributed by atoms with Crippen molar-refractivity contribution in [1.29, 1.82) is 0 Å². The highest BCUT2D eigenvalue weighted by Crippen LogP contribution is 2.12. The number of hydrogen-bond acceptors (Lipinski definition) is 3. The fourth-order valence-corrected chi connectivity index (χ4v) is 2.86. The number of aromatic nitrogens is 3. The lowest BCUT2D eigenvalue weighted by molar-refractivity contribution is 0.0970. The lowest BCUT2D eigenvalue weighted by atomic mass is 10.1. The van der Waals surface area contributed by atoms with E-state index in [2.05, 4.69) is 11.0 Å². The molecule has 3 rings (SSSR count). The molecule has 0 saturated carbocycles. The standard InChI is InChI=1S/C21H19N3O2/c1-4-17-10-15(2)21(26)23(12-17)14-20(25)19-11-22-24(16(19)3)13-18-8-6-5-7-9-18/h1,5-12H,13-14H2,2-3H3. The third-order valence-corrected chi connectivity index (χ3v) is 4.32. The van der Waals surface area contributed by atoms with E-state index in [4.69, 9.17) is 6.42 Å². The number of terminal acetylenes is 1. The van der Waals surface area contributed by atoms with Crippen molar-refractivity contribution in [2.24, 2.45) is 0 Å². The molecule has 0 amide bonds. The number of Topliss-reactive ketones (excluding diaryl/α,β-unsaturated/α-hetero) is 1. The SMILES string of the molecule is C#Cc1cc(C)c(=O)n(CC(=O)c2cnn(Cc3ccccc3)c2C)c1. The summed E-state index contributed by atoms with van der Waals surface area (Å²) in [6.45, 7) is 4.07. The van der Waals surface area contributed by atoms with Crippen LogP contribution in [0.2, 0.25) is 0 Å². The molecule has 0 N–H and O–H groups in total. The van der Waals surface area contributed by atoms with E-state index in [1.54, 1.807) is 23.9 Å². The van der Waals surface area contributed by atoms with E-state index in [1.807, 2.05) is 37.3 Å². The lowest BCUT2D eigenvalue weighted by Gasteiger charge is -2.08. The number of carbonyl (C=O) groups is 1. The highest BCUT2D eigenvalue weighted by molar-refractivity contribution is 5.96. The van der Waals surface area contributed by atoms with Crippen LogP contribution in [-0.2, 0) is 13.1 Å². The zero-order valence-electron chi connectivity index (χ0n) is 14.8. The van der Waals surface area contributed by atoms with Crippen LogP contribution in [0.3, 0.4) is 0 Å². The van der Waals surface area contributed by atoms with Crippen molar-refractivity contribution in [2.75, 3.05) is 0 Å². The normalized spacial score (nSPS) is 10.5. The molecule has 0 atom stereocenters. The van der Waals surface area contributed by atoms with Gasteiger partial charge in [-0.1, -0.05) is 36.3 Å². The molecule has 0 aliphatic carbocycles. The van der Waals surface area contributed by atoms with Crippen LogP contribution in [0.4, 0.5) is 0 Å². The Balaban J connectivity index is 1.85. The van der Waals surface area contributed by atoms with Gasteiger partial charge in [0.1, 0.15) is 0 Å². The Labute approximate surface area is 151 Å². The minimum atomic E-state index is -0.216. The third-order valence-electron chi connectivity index (χ3n) is 4.32. The van der Waals surface area contributed by atoms with Crippen LogP contribution in [0, 0.1) is 26.2 Å². The molecule has 5 nitrogen and oxygen atoms in total. The van der Waals surface area contributed by atoms with Crippen LogP contribution in [-0.4, -0.2) is 20.1 Å². The highest BCUT2D eigenvalue weighted by atomic mass is 16.1. The Bertz CT molecular complexity index is 1050. The average Bonchev–Trinajstić information content (AvgIpc) is 3.00. The Hall–Kier alpha value is -3.39. The monoisotopic (exact) mass is 345 g/mol. The molecule has 130 valence electrons. The number of aryl methyl sites for hydroxylation is 1. The smallest absolute Gasteiger partial charge is 0.253 e. The summed E-state index contributed by atoms with van der Waals surface area (Å²) in [7, 11) is 0. The van der Waals surface area contributed by atoms with Gasteiger partial charge in [0, 0.05) is 23.0 Å².